The summed E-state index contributed by atoms with van der Waals surface area (Å²) in [6.45, 7) is 5.77. The SMILES string of the molecule is CC(C)n1c(S[C@@H](C)C(=O)NC2CC2)nc2ccccc2c1=O. The van der Waals surface area contributed by atoms with Crippen LogP contribution in [0.3, 0.4) is 0 Å². The average Bonchev–Trinajstić information content (AvgIpc) is 3.31. The maximum absolute atomic E-state index is 12.7. The summed E-state index contributed by atoms with van der Waals surface area (Å²) in [7, 11) is 0. The molecule has 122 valence electrons. The third-order valence-corrected chi connectivity index (χ3v) is 4.93. The van der Waals surface area contributed by atoms with Crippen LogP contribution in [0.5, 0.6) is 0 Å². The van der Waals surface area contributed by atoms with Crippen molar-refractivity contribution in [1.29, 1.82) is 0 Å². The van der Waals surface area contributed by atoms with Gasteiger partial charge in [0, 0.05) is 12.1 Å². The van der Waals surface area contributed by atoms with E-state index in [4.69, 9.17) is 0 Å². The van der Waals surface area contributed by atoms with Crippen molar-refractivity contribution in [2.45, 2.75) is 56.1 Å². The van der Waals surface area contributed by atoms with E-state index >= 15 is 0 Å². The van der Waals surface area contributed by atoms with Crippen LogP contribution in [-0.4, -0.2) is 26.8 Å². The largest absolute Gasteiger partial charge is 0.352 e. The first kappa shape index (κ1) is 16.1. The Bertz CT molecular complexity index is 796. The Morgan fingerprint density at radius 3 is 2.65 bits per heavy atom. The zero-order chi connectivity index (χ0) is 16.6. The molecule has 0 spiro atoms. The van der Waals surface area contributed by atoms with Gasteiger partial charge in [0.15, 0.2) is 5.16 Å². The molecule has 1 aromatic carbocycles. The summed E-state index contributed by atoms with van der Waals surface area (Å²) in [5, 5.41) is 3.93. The topological polar surface area (TPSA) is 64.0 Å². The van der Waals surface area contributed by atoms with Gasteiger partial charge in [-0.1, -0.05) is 23.9 Å². The molecule has 1 heterocycles. The van der Waals surface area contributed by atoms with Crippen molar-refractivity contribution in [3.63, 3.8) is 0 Å². The fourth-order valence-electron chi connectivity index (χ4n) is 2.42. The summed E-state index contributed by atoms with van der Waals surface area (Å²) >= 11 is 1.35. The molecule has 0 unspecified atom stereocenters. The summed E-state index contributed by atoms with van der Waals surface area (Å²) in [5.41, 5.74) is 0.620. The minimum absolute atomic E-state index is 0.00946. The third-order valence-electron chi connectivity index (χ3n) is 3.87. The quantitative estimate of drug-likeness (QED) is 0.676. The van der Waals surface area contributed by atoms with Crippen LogP contribution in [0.15, 0.2) is 34.2 Å². The van der Waals surface area contributed by atoms with E-state index < -0.39 is 0 Å². The molecule has 1 N–H and O–H groups in total. The maximum atomic E-state index is 12.7. The van der Waals surface area contributed by atoms with Crippen molar-refractivity contribution in [2.24, 2.45) is 0 Å². The molecule has 0 aliphatic heterocycles. The van der Waals surface area contributed by atoms with Crippen LogP contribution in [0.25, 0.3) is 10.9 Å². The molecular weight excluding hydrogens is 310 g/mol. The zero-order valence-corrected chi connectivity index (χ0v) is 14.4. The number of thioether (sulfide) groups is 1. The highest BCUT2D eigenvalue weighted by Gasteiger charge is 2.27. The Hall–Kier alpha value is -1.82. The van der Waals surface area contributed by atoms with Gasteiger partial charge in [-0.15, -0.1) is 0 Å². The van der Waals surface area contributed by atoms with Gasteiger partial charge >= 0.3 is 0 Å². The molecule has 1 fully saturated rings. The Kier molecular flexibility index (Phi) is 4.43. The predicted molar refractivity (Wildman–Crippen MR) is 92.9 cm³/mol. The van der Waals surface area contributed by atoms with Crippen molar-refractivity contribution in [3.05, 3.63) is 34.6 Å². The van der Waals surface area contributed by atoms with Gasteiger partial charge in [-0.25, -0.2) is 4.98 Å². The maximum Gasteiger partial charge on any atom is 0.262 e. The van der Waals surface area contributed by atoms with Gasteiger partial charge < -0.3 is 5.32 Å². The minimum atomic E-state index is -0.284. The first-order chi connectivity index (χ1) is 11.0. The first-order valence-electron chi connectivity index (χ1n) is 7.95. The standard InChI is InChI=1S/C17H21N3O2S/c1-10(2)20-16(22)13-6-4-5-7-14(13)19-17(20)23-11(3)15(21)18-12-8-9-12/h4-7,10-12H,8-9H2,1-3H3,(H,18,21)/t11-/m0/s1. The highest BCUT2D eigenvalue weighted by Crippen LogP contribution is 2.26. The molecule has 5 nitrogen and oxygen atoms in total. The van der Waals surface area contributed by atoms with E-state index in [1.807, 2.05) is 39.0 Å². The van der Waals surface area contributed by atoms with Crippen LogP contribution in [0.1, 0.15) is 39.7 Å². The Morgan fingerprint density at radius 2 is 2.00 bits per heavy atom. The fraction of sp³-hybridized carbons (Fsp3) is 0.471. The lowest BCUT2D eigenvalue weighted by molar-refractivity contribution is -0.120. The number of hydrogen-bond acceptors (Lipinski definition) is 4. The molecular formula is C17H21N3O2S. The van der Waals surface area contributed by atoms with Gasteiger partial charge in [-0.3, -0.25) is 14.2 Å². The van der Waals surface area contributed by atoms with Gasteiger partial charge in [0.2, 0.25) is 5.91 Å². The van der Waals surface area contributed by atoms with Crippen LogP contribution in [0, 0.1) is 0 Å². The Morgan fingerprint density at radius 1 is 1.30 bits per heavy atom. The van der Waals surface area contributed by atoms with Gasteiger partial charge in [0.25, 0.3) is 5.56 Å². The fourth-order valence-corrected chi connectivity index (χ4v) is 3.47. The molecule has 1 aliphatic carbocycles. The molecule has 0 radical (unpaired) electrons. The van der Waals surface area contributed by atoms with Crippen LogP contribution in [0.2, 0.25) is 0 Å². The van der Waals surface area contributed by atoms with Crippen LogP contribution in [0.4, 0.5) is 0 Å². The molecule has 3 rings (SSSR count). The van der Waals surface area contributed by atoms with Crippen LogP contribution in [-0.2, 0) is 4.79 Å². The second-order valence-electron chi connectivity index (χ2n) is 6.22. The molecule has 23 heavy (non-hydrogen) atoms. The second kappa shape index (κ2) is 6.35. The lowest BCUT2D eigenvalue weighted by Crippen LogP contribution is -2.33. The molecule has 6 heteroatoms. The van der Waals surface area contributed by atoms with Crippen molar-refractivity contribution < 1.29 is 4.79 Å². The third kappa shape index (κ3) is 3.42. The lowest BCUT2D eigenvalue weighted by Gasteiger charge is -2.18. The normalized spacial score (nSPS) is 15.8. The molecule has 1 aromatic heterocycles. The van der Waals surface area contributed by atoms with Gasteiger partial charge in [0.05, 0.1) is 16.2 Å². The summed E-state index contributed by atoms with van der Waals surface area (Å²) < 4.78 is 1.67. The van der Waals surface area contributed by atoms with Crippen molar-refractivity contribution >= 4 is 28.6 Å². The Labute approximate surface area is 139 Å². The van der Waals surface area contributed by atoms with E-state index in [0.717, 1.165) is 12.8 Å². The van der Waals surface area contributed by atoms with Crippen molar-refractivity contribution in [3.8, 4) is 0 Å². The number of benzene rings is 1. The number of aromatic nitrogens is 2. The van der Waals surface area contributed by atoms with E-state index in [1.54, 1.807) is 10.6 Å². The number of nitrogens with zero attached hydrogens (tertiary/aromatic N) is 2. The van der Waals surface area contributed by atoms with E-state index in [0.29, 0.717) is 22.1 Å². The van der Waals surface area contributed by atoms with Crippen molar-refractivity contribution in [1.82, 2.24) is 14.9 Å². The second-order valence-corrected chi connectivity index (χ2v) is 7.53. The summed E-state index contributed by atoms with van der Waals surface area (Å²) in [4.78, 5) is 29.5. The number of nitrogens with one attached hydrogen (secondary N) is 1. The minimum Gasteiger partial charge on any atom is -0.352 e. The molecule has 2 aromatic rings. The molecule has 0 saturated heterocycles. The number of rotatable bonds is 5. The first-order valence-corrected chi connectivity index (χ1v) is 8.83. The summed E-state index contributed by atoms with van der Waals surface area (Å²) in [6.07, 6.45) is 2.13. The number of hydrogen-bond donors (Lipinski definition) is 1. The highest BCUT2D eigenvalue weighted by atomic mass is 32.2. The number of fused-ring (bicyclic) bond motifs is 1. The number of carbonyl (C=O) groups is 1. The van der Waals surface area contributed by atoms with Gasteiger partial charge in [-0.2, -0.15) is 0 Å². The van der Waals surface area contributed by atoms with E-state index in [9.17, 15) is 9.59 Å². The van der Waals surface area contributed by atoms with Gasteiger partial charge in [0.1, 0.15) is 0 Å². The molecule has 1 amide bonds. The molecule has 0 bridgehead atoms. The average molecular weight is 331 g/mol. The smallest absolute Gasteiger partial charge is 0.262 e. The molecule has 1 atom stereocenters. The van der Waals surface area contributed by atoms with Crippen LogP contribution < -0.4 is 10.9 Å². The van der Waals surface area contributed by atoms with E-state index in [-0.39, 0.29) is 22.8 Å². The summed E-state index contributed by atoms with van der Waals surface area (Å²) in [5.74, 6) is 0.00946. The summed E-state index contributed by atoms with van der Waals surface area (Å²) in [6, 6.07) is 7.66. The lowest BCUT2D eigenvalue weighted by atomic mass is 10.2. The number of carbonyl (C=O) groups excluding carboxylic acids is 1. The monoisotopic (exact) mass is 331 g/mol. The van der Waals surface area contributed by atoms with Crippen molar-refractivity contribution in [2.75, 3.05) is 0 Å². The highest BCUT2D eigenvalue weighted by molar-refractivity contribution is 8.00. The van der Waals surface area contributed by atoms with E-state index in [2.05, 4.69) is 10.3 Å². The van der Waals surface area contributed by atoms with E-state index in [1.165, 1.54) is 11.8 Å². The number of amides is 1. The molecule has 1 saturated carbocycles. The Balaban J connectivity index is 1.96. The van der Waals surface area contributed by atoms with Gasteiger partial charge in [-0.05, 0) is 45.7 Å². The number of para-hydroxylation sites is 1. The zero-order valence-electron chi connectivity index (χ0n) is 13.6. The molecule has 1 aliphatic rings. The van der Waals surface area contributed by atoms with Crippen LogP contribution >= 0.6 is 11.8 Å². The predicted octanol–water partition coefficient (Wildman–Crippen LogP) is 2.74.